The number of aryl methyl sites for hydroxylation is 2. The summed E-state index contributed by atoms with van der Waals surface area (Å²) in [4.78, 5) is 4.90. The summed E-state index contributed by atoms with van der Waals surface area (Å²) in [6, 6.07) is 6.85. The van der Waals surface area contributed by atoms with Gasteiger partial charge in [0.25, 0.3) is 0 Å². The van der Waals surface area contributed by atoms with E-state index in [0.717, 1.165) is 41.9 Å². The lowest BCUT2D eigenvalue weighted by Crippen LogP contribution is -2.42. The van der Waals surface area contributed by atoms with Crippen LogP contribution in [0.15, 0.2) is 23.2 Å². The first-order valence-corrected chi connectivity index (χ1v) is 11.5. The molecule has 1 saturated carbocycles. The lowest BCUT2D eigenvalue weighted by Gasteiger charge is -2.18. The van der Waals surface area contributed by atoms with E-state index in [1.54, 1.807) is 0 Å². The predicted octanol–water partition coefficient (Wildman–Crippen LogP) is 4.03. The van der Waals surface area contributed by atoms with E-state index in [1.165, 1.54) is 31.2 Å². The molecule has 0 unspecified atom stereocenters. The molecule has 0 radical (unpaired) electrons. The second-order valence-electron chi connectivity index (χ2n) is 9.01. The molecule has 0 bridgehead atoms. The van der Waals surface area contributed by atoms with Crippen LogP contribution in [0.5, 0.6) is 5.75 Å². The summed E-state index contributed by atoms with van der Waals surface area (Å²) in [5.74, 6) is 4.19. The van der Waals surface area contributed by atoms with Crippen molar-refractivity contribution in [2.45, 2.75) is 78.9 Å². The van der Waals surface area contributed by atoms with Crippen LogP contribution in [0.25, 0.3) is 0 Å². The first kappa shape index (κ1) is 23.1. The molecule has 2 aromatic rings. The van der Waals surface area contributed by atoms with Gasteiger partial charge >= 0.3 is 0 Å². The zero-order valence-corrected chi connectivity index (χ0v) is 19.7. The fraction of sp³-hybridized carbons (Fsp3) is 0.625. The highest BCUT2D eigenvalue weighted by Gasteiger charge is 2.17. The average molecular weight is 427 g/mol. The fourth-order valence-electron chi connectivity index (χ4n) is 3.68. The number of rotatable bonds is 9. The quantitative estimate of drug-likeness (QED) is 0.468. The van der Waals surface area contributed by atoms with Crippen molar-refractivity contribution in [2.24, 2.45) is 18.0 Å². The van der Waals surface area contributed by atoms with Gasteiger partial charge in [0.15, 0.2) is 11.8 Å². The summed E-state index contributed by atoms with van der Waals surface area (Å²) >= 11 is 0. The molecular weight excluding hydrogens is 388 g/mol. The molecule has 0 spiro atoms. The molecule has 7 heteroatoms. The Morgan fingerprint density at radius 2 is 2.00 bits per heavy atom. The van der Waals surface area contributed by atoms with Gasteiger partial charge in [-0.15, -0.1) is 10.2 Å². The molecule has 7 nitrogen and oxygen atoms in total. The molecule has 170 valence electrons. The van der Waals surface area contributed by atoms with Gasteiger partial charge in [0.1, 0.15) is 11.6 Å². The van der Waals surface area contributed by atoms with E-state index < -0.39 is 0 Å². The van der Waals surface area contributed by atoms with Crippen LogP contribution in [0.2, 0.25) is 0 Å². The van der Waals surface area contributed by atoms with E-state index in [9.17, 15) is 0 Å². The third kappa shape index (κ3) is 6.97. The normalized spacial score (nSPS) is 15.0. The minimum Gasteiger partial charge on any atom is -0.493 e. The first-order valence-electron chi connectivity index (χ1n) is 11.5. The number of guanidine groups is 1. The maximum absolute atomic E-state index is 6.11. The monoisotopic (exact) mass is 426 g/mol. The second kappa shape index (κ2) is 11.2. The van der Waals surface area contributed by atoms with Gasteiger partial charge < -0.3 is 19.9 Å². The van der Waals surface area contributed by atoms with E-state index in [4.69, 9.17) is 9.73 Å². The molecule has 0 atom stereocenters. The summed E-state index contributed by atoms with van der Waals surface area (Å²) in [6.07, 6.45) is 5.98. The van der Waals surface area contributed by atoms with E-state index in [2.05, 4.69) is 59.8 Å². The minimum absolute atomic E-state index is 0.479. The molecule has 2 N–H and O–H groups in total. The first-order chi connectivity index (χ1) is 14.9. The molecule has 1 fully saturated rings. The molecule has 1 aromatic heterocycles. The Hall–Kier alpha value is -2.57. The number of aromatic nitrogens is 3. The van der Waals surface area contributed by atoms with Crippen LogP contribution < -0.4 is 15.4 Å². The van der Waals surface area contributed by atoms with E-state index in [1.807, 2.05) is 18.5 Å². The Kier molecular flexibility index (Phi) is 8.32. The zero-order chi connectivity index (χ0) is 22.2. The highest BCUT2D eigenvalue weighted by Crippen LogP contribution is 2.22. The van der Waals surface area contributed by atoms with Crippen LogP contribution in [0.3, 0.4) is 0 Å². The van der Waals surface area contributed by atoms with Crippen molar-refractivity contribution in [2.75, 3.05) is 6.61 Å². The van der Waals surface area contributed by atoms with Gasteiger partial charge in [-0.3, -0.25) is 0 Å². The Bertz CT molecular complexity index is 867. The lowest BCUT2D eigenvalue weighted by molar-refractivity contribution is 0.287. The Balaban J connectivity index is 1.70. The summed E-state index contributed by atoms with van der Waals surface area (Å²) in [6.45, 7) is 10.4. The average Bonchev–Trinajstić information content (AvgIpc) is 3.35. The molecule has 3 rings (SSSR count). The van der Waals surface area contributed by atoms with E-state index >= 15 is 0 Å². The molecule has 0 amide bonds. The highest BCUT2D eigenvalue weighted by molar-refractivity contribution is 5.80. The number of hydrogen-bond acceptors (Lipinski definition) is 4. The largest absolute Gasteiger partial charge is 0.493 e. The topological polar surface area (TPSA) is 76.4 Å². The summed E-state index contributed by atoms with van der Waals surface area (Å²) in [7, 11) is 1.99. The van der Waals surface area contributed by atoms with Crippen LogP contribution >= 0.6 is 0 Å². The maximum atomic E-state index is 6.11. The summed E-state index contributed by atoms with van der Waals surface area (Å²) in [5, 5.41) is 15.5. The van der Waals surface area contributed by atoms with Gasteiger partial charge in [0, 0.05) is 18.7 Å². The lowest BCUT2D eigenvalue weighted by atomic mass is 10.1. The van der Waals surface area contributed by atoms with Gasteiger partial charge in [-0.05, 0) is 50.7 Å². The number of aliphatic imine (C=N–C) groups is 1. The summed E-state index contributed by atoms with van der Waals surface area (Å²) in [5.41, 5.74) is 2.31. The van der Waals surface area contributed by atoms with Crippen LogP contribution in [0.1, 0.15) is 68.7 Å². The summed E-state index contributed by atoms with van der Waals surface area (Å²) < 4.78 is 8.11. The maximum Gasteiger partial charge on any atom is 0.192 e. The van der Waals surface area contributed by atoms with Gasteiger partial charge in [0.2, 0.25) is 0 Å². The van der Waals surface area contributed by atoms with Gasteiger partial charge in [-0.25, -0.2) is 4.99 Å². The molecule has 1 aliphatic rings. The standard InChI is InChI=1S/C24H38N6O/c1-17(2)12-13-31-22-14-18(3)10-11-20(22)15-25-24(27-21-8-6-7-9-21)26-16-23-29-28-19(4)30(23)5/h10-11,14,17,21H,6-9,12-13,15-16H2,1-5H3,(H2,25,26,27). The fourth-order valence-corrected chi connectivity index (χ4v) is 3.68. The van der Waals surface area contributed by atoms with Crippen molar-refractivity contribution in [3.05, 3.63) is 41.0 Å². The smallest absolute Gasteiger partial charge is 0.192 e. The van der Waals surface area contributed by atoms with Crippen molar-refractivity contribution in [3.8, 4) is 5.75 Å². The Morgan fingerprint density at radius 3 is 2.68 bits per heavy atom. The van der Waals surface area contributed by atoms with E-state index in [-0.39, 0.29) is 0 Å². The van der Waals surface area contributed by atoms with Crippen molar-refractivity contribution < 1.29 is 4.74 Å². The van der Waals surface area contributed by atoms with Crippen LogP contribution in [0, 0.1) is 19.8 Å². The van der Waals surface area contributed by atoms with Crippen molar-refractivity contribution in [3.63, 3.8) is 0 Å². The van der Waals surface area contributed by atoms with E-state index in [0.29, 0.717) is 25.0 Å². The SMILES string of the molecule is Cc1ccc(CN=C(NCc2nnc(C)n2C)NC2CCCC2)c(OCCC(C)C)c1. The van der Waals surface area contributed by atoms with Gasteiger partial charge in [0.05, 0.1) is 19.7 Å². The number of benzene rings is 1. The molecule has 31 heavy (non-hydrogen) atoms. The van der Waals surface area contributed by atoms with Crippen LogP contribution in [-0.4, -0.2) is 33.4 Å². The molecule has 1 heterocycles. The Morgan fingerprint density at radius 1 is 1.23 bits per heavy atom. The van der Waals surface area contributed by atoms with Crippen LogP contribution in [0.4, 0.5) is 0 Å². The van der Waals surface area contributed by atoms with Crippen LogP contribution in [-0.2, 0) is 20.1 Å². The van der Waals surface area contributed by atoms with Gasteiger partial charge in [-0.1, -0.05) is 38.8 Å². The molecule has 1 aromatic carbocycles. The highest BCUT2D eigenvalue weighted by atomic mass is 16.5. The zero-order valence-electron chi connectivity index (χ0n) is 19.7. The number of nitrogens with one attached hydrogen (secondary N) is 2. The third-order valence-electron chi connectivity index (χ3n) is 5.88. The number of hydrogen-bond donors (Lipinski definition) is 2. The third-order valence-corrected chi connectivity index (χ3v) is 5.88. The minimum atomic E-state index is 0.479. The molecule has 1 aliphatic carbocycles. The Labute approximate surface area is 186 Å². The van der Waals surface area contributed by atoms with Crippen molar-refractivity contribution in [1.29, 1.82) is 0 Å². The van der Waals surface area contributed by atoms with Crippen molar-refractivity contribution in [1.82, 2.24) is 25.4 Å². The molecule has 0 saturated heterocycles. The van der Waals surface area contributed by atoms with Crippen molar-refractivity contribution >= 4 is 5.96 Å². The number of ether oxygens (including phenoxy) is 1. The van der Waals surface area contributed by atoms with Gasteiger partial charge in [-0.2, -0.15) is 0 Å². The molecule has 0 aliphatic heterocycles. The number of nitrogens with zero attached hydrogens (tertiary/aromatic N) is 4. The predicted molar refractivity (Wildman–Crippen MR) is 125 cm³/mol. The second-order valence-corrected chi connectivity index (χ2v) is 9.01. The molecular formula is C24H38N6O.